The fraction of sp³-hybridized carbons (Fsp3) is 0.800. The van der Waals surface area contributed by atoms with Crippen molar-refractivity contribution in [2.45, 2.75) is 38.5 Å². The van der Waals surface area contributed by atoms with Gasteiger partial charge < -0.3 is 10.6 Å². The molecule has 1 aliphatic heterocycles. The highest BCUT2D eigenvalue weighted by Gasteiger charge is 2.14. The van der Waals surface area contributed by atoms with Gasteiger partial charge in [0.05, 0.1) is 4.99 Å². The van der Waals surface area contributed by atoms with Crippen LogP contribution in [0.25, 0.3) is 0 Å². The van der Waals surface area contributed by atoms with Gasteiger partial charge in [-0.2, -0.15) is 0 Å². The molecule has 80 valence electrons. The summed E-state index contributed by atoms with van der Waals surface area (Å²) in [5, 5.41) is 0. The average Bonchev–Trinajstić information content (AvgIpc) is 2.42. The van der Waals surface area contributed by atoms with Crippen molar-refractivity contribution in [1.82, 2.24) is 4.90 Å². The smallest absolute Gasteiger partial charge is 0.222 e. The van der Waals surface area contributed by atoms with Gasteiger partial charge in [-0.1, -0.05) is 25.1 Å². The second kappa shape index (κ2) is 5.96. The standard InChI is InChI=1S/C10H18N2OS/c11-9(14)5-6-10(13)12-7-3-1-2-4-8-12/h1-8H2,(H2,11,14). The summed E-state index contributed by atoms with van der Waals surface area (Å²) < 4.78 is 0. The molecular weight excluding hydrogens is 196 g/mol. The van der Waals surface area contributed by atoms with Crippen molar-refractivity contribution in [2.75, 3.05) is 13.1 Å². The van der Waals surface area contributed by atoms with Gasteiger partial charge in [0.15, 0.2) is 0 Å². The molecular formula is C10H18N2OS. The lowest BCUT2D eigenvalue weighted by Crippen LogP contribution is -2.32. The number of rotatable bonds is 3. The fourth-order valence-electron chi connectivity index (χ4n) is 1.71. The lowest BCUT2D eigenvalue weighted by Gasteiger charge is -2.19. The van der Waals surface area contributed by atoms with Crippen LogP contribution in [-0.4, -0.2) is 28.9 Å². The van der Waals surface area contributed by atoms with Gasteiger partial charge in [-0.25, -0.2) is 0 Å². The van der Waals surface area contributed by atoms with E-state index in [0.717, 1.165) is 25.9 Å². The zero-order valence-electron chi connectivity index (χ0n) is 8.50. The van der Waals surface area contributed by atoms with Crippen LogP contribution in [0.3, 0.4) is 0 Å². The Bertz CT molecular complexity index is 210. The highest BCUT2D eigenvalue weighted by atomic mass is 32.1. The maximum absolute atomic E-state index is 11.7. The van der Waals surface area contributed by atoms with E-state index >= 15 is 0 Å². The van der Waals surface area contributed by atoms with Gasteiger partial charge >= 0.3 is 0 Å². The predicted molar refractivity (Wildman–Crippen MR) is 61.1 cm³/mol. The summed E-state index contributed by atoms with van der Waals surface area (Å²) in [5.41, 5.74) is 5.36. The number of carbonyl (C=O) groups excluding carboxylic acids is 1. The first-order valence-electron chi connectivity index (χ1n) is 5.26. The van der Waals surface area contributed by atoms with Crippen molar-refractivity contribution in [3.05, 3.63) is 0 Å². The van der Waals surface area contributed by atoms with E-state index in [0.29, 0.717) is 17.8 Å². The van der Waals surface area contributed by atoms with E-state index in [9.17, 15) is 4.79 Å². The Morgan fingerprint density at radius 3 is 2.21 bits per heavy atom. The highest BCUT2D eigenvalue weighted by Crippen LogP contribution is 2.11. The van der Waals surface area contributed by atoms with Crippen LogP contribution in [-0.2, 0) is 4.79 Å². The third kappa shape index (κ3) is 4.05. The molecule has 0 bridgehead atoms. The number of likely N-dealkylation sites (tertiary alicyclic amines) is 1. The molecule has 14 heavy (non-hydrogen) atoms. The van der Waals surface area contributed by atoms with Crippen LogP contribution in [0, 0.1) is 0 Å². The van der Waals surface area contributed by atoms with Gasteiger partial charge in [0, 0.05) is 25.9 Å². The van der Waals surface area contributed by atoms with Crippen LogP contribution < -0.4 is 5.73 Å². The number of hydrogen-bond acceptors (Lipinski definition) is 2. The maximum Gasteiger partial charge on any atom is 0.222 e. The molecule has 0 atom stereocenters. The van der Waals surface area contributed by atoms with Crippen LogP contribution in [0.2, 0.25) is 0 Å². The van der Waals surface area contributed by atoms with Crippen molar-refractivity contribution >= 4 is 23.1 Å². The SMILES string of the molecule is NC(=S)CCC(=O)N1CCCCCC1. The molecule has 0 radical (unpaired) electrons. The largest absolute Gasteiger partial charge is 0.393 e. The number of thiocarbonyl (C=S) groups is 1. The van der Waals surface area contributed by atoms with E-state index in [4.69, 9.17) is 18.0 Å². The molecule has 0 spiro atoms. The Hall–Kier alpha value is -0.640. The molecule has 3 nitrogen and oxygen atoms in total. The summed E-state index contributed by atoms with van der Waals surface area (Å²) >= 11 is 4.75. The summed E-state index contributed by atoms with van der Waals surface area (Å²) in [7, 11) is 0. The quantitative estimate of drug-likeness (QED) is 0.723. The third-order valence-corrected chi connectivity index (χ3v) is 2.75. The van der Waals surface area contributed by atoms with E-state index < -0.39 is 0 Å². The number of amides is 1. The molecule has 1 heterocycles. The highest BCUT2D eigenvalue weighted by molar-refractivity contribution is 7.80. The van der Waals surface area contributed by atoms with Gasteiger partial charge in [0.1, 0.15) is 0 Å². The lowest BCUT2D eigenvalue weighted by molar-refractivity contribution is -0.130. The molecule has 4 heteroatoms. The Kier molecular flexibility index (Phi) is 4.87. The first-order chi connectivity index (χ1) is 6.70. The third-order valence-electron chi connectivity index (χ3n) is 2.54. The molecule has 0 aromatic heterocycles. The summed E-state index contributed by atoms with van der Waals surface area (Å²) in [5.74, 6) is 0.208. The van der Waals surface area contributed by atoms with Crippen molar-refractivity contribution < 1.29 is 4.79 Å². The molecule has 0 aromatic carbocycles. The Morgan fingerprint density at radius 2 is 1.71 bits per heavy atom. The van der Waals surface area contributed by atoms with Crippen molar-refractivity contribution in [2.24, 2.45) is 5.73 Å². The van der Waals surface area contributed by atoms with Gasteiger partial charge in [-0.05, 0) is 12.8 Å². The van der Waals surface area contributed by atoms with Crippen LogP contribution in [0.4, 0.5) is 0 Å². The van der Waals surface area contributed by atoms with Gasteiger partial charge in [-0.3, -0.25) is 4.79 Å². The van der Waals surface area contributed by atoms with E-state index in [2.05, 4.69) is 0 Å². The van der Waals surface area contributed by atoms with E-state index in [1.54, 1.807) is 0 Å². The van der Waals surface area contributed by atoms with Crippen LogP contribution in [0.15, 0.2) is 0 Å². The first kappa shape index (κ1) is 11.4. The van der Waals surface area contributed by atoms with Gasteiger partial charge in [0.2, 0.25) is 5.91 Å². The van der Waals surface area contributed by atoms with Crippen LogP contribution >= 0.6 is 12.2 Å². The van der Waals surface area contributed by atoms with Crippen LogP contribution in [0.1, 0.15) is 38.5 Å². The Balaban J connectivity index is 2.30. The summed E-state index contributed by atoms with van der Waals surface area (Å²) in [4.78, 5) is 14.1. The first-order valence-corrected chi connectivity index (χ1v) is 5.67. The topological polar surface area (TPSA) is 46.3 Å². The molecule has 0 saturated carbocycles. The normalized spacial score (nSPS) is 17.6. The molecule has 0 aromatic rings. The van der Waals surface area contributed by atoms with Gasteiger partial charge in [-0.15, -0.1) is 0 Å². The van der Waals surface area contributed by atoms with E-state index in [-0.39, 0.29) is 5.91 Å². The number of nitrogens with two attached hydrogens (primary N) is 1. The monoisotopic (exact) mass is 214 g/mol. The molecule has 0 unspecified atom stereocenters. The second-order valence-electron chi connectivity index (χ2n) is 3.76. The molecule has 1 saturated heterocycles. The summed E-state index contributed by atoms with van der Waals surface area (Å²) in [6, 6.07) is 0. The maximum atomic E-state index is 11.7. The van der Waals surface area contributed by atoms with Crippen molar-refractivity contribution in [1.29, 1.82) is 0 Å². The zero-order chi connectivity index (χ0) is 10.4. The summed E-state index contributed by atoms with van der Waals surface area (Å²) in [6.45, 7) is 1.83. The second-order valence-corrected chi connectivity index (χ2v) is 4.29. The Labute approximate surface area is 90.6 Å². The predicted octanol–water partition coefficient (Wildman–Crippen LogP) is 1.46. The fourth-order valence-corrected chi connectivity index (χ4v) is 1.81. The minimum atomic E-state index is 0.208. The van der Waals surface area contributed by atoms with E-state index in [1.807, 2.05) is 4.90 Å². The lowest BCUT2D eigenvalue weighted by atomic mass is 10.2. The number of carbonyl (C=O) groups is 1. The number of hydrogen-bond donors (Lipinski definition) is 1. The van der Waals surface area contributed by atoms with Crippen molar-refractivity contribution in [3.8, 4) is 0 Å². The Morgan fingerprint density at radius 1 is 1.14 bits per heavy atom. The molecule has 1 aliphatic rings. The minimum Gasteiger partial charge on any atom is -0.393 e. The molecule has 0 aliphatic carbocycles. The van der Waals surface area contributed by atoms with E-state index in [1.165, 1.54) is 12.8 Å². The average molecular weight is 214 g/mol. The van der Waals surface area contributed by atoms with Crippen LogP contribution in [0.5, 0.6) is 0 Å². The molecule has 1 fully saturated rings. The minimum absolute atomic E-state index is 0.208. The summed E-state index contributed by atoms with van der Waals surface area (Å²) in [6.07, 6.45) is 5.80. The van der Waals surface area contributed by atoms with Gasteiger partial charge in [0.25, 0.3) is 0 Å². The van der Waals surface area contributed by atoms with Crippen molar-refractivity contribution in [3.63, 3.8) is 0 Å². The molecule has 2 N–H and O–H groups in total. The zero-order valence-corrected chi connectivity index (χ0v) is 9.31. The molecule has 1 rings (SSSR count). The molecule has 1 amide bonds. The number of nitrogens with zero attached hydrogens (tertiary/aromatic N) is 1.